The van der Waals surface area contributed by atoms with E-state index in [2.05, 4.69) is 0 Å². The van der Waals surface area contributed by atoms with Gasteiger partial charge in [-0.2, -0.15) is 0 Å². The SMILES string of the molecule is C[C@H]1C(=O)N2[C@@H](CCCN3CCC(F)(F)C3)CC[C@H]2CN1C(=O)OCc1ccccc1. The van der Waals surface area contributed by atoms with Crippen LogP contribution >= 0.6 is 0 Å². The van der Waals surface area contributed by atoms with Crippen LogP contribution in [0, 0.1) is 0 Å². The average molecular weight is 436 g/mol. The van der Waals surface area contributed by atoms with Crippen molar-refractivity contribution in [1.29, 1.82) is 0 Å². The number of carbonyl (C=O) groups is 2. The number of nitrogens with zero attached hydrogens (tertiary/aromatic N) is 3. The first kappa shape index (κ1) is 22.0. The van der Waals surface area contributed by atoms with Gasteiger partial charge in [0.15, 0.2) is 0 Å². The molecule has 0 radical (unpaired) electrons. The van der Waals surface area contributed by atoms with Crippen LogP contribution in [0.25, 0.3) is 0 Å². The number of carbonyl (C=O) groups excluding carboxylic acids is 2. The van der Waals surface area contributed by atoms with E-state index in [9.17, 15) is 18.4 Å². The van der Waals surface area contributed by atoms with Gasteiger partial charge in [-0.25, -0.2) is 13.6 Å². The number of hydrogen-bond acceptors (Lipinski definition) is 4. The number of halogens is 2. The van der Waals surface area contributed by atoms with Gasteiger partial charge >= 0.3 is 6.09 Å². The lowest BCUT2D eigenvalue weighted by molar-refractivity contribution is -0.144. The van der Waals surface area contributed by atoms with E-state index in [1.807, 2.05) is 40.1 Å². The van der Waals surface area contributed by atoms with Crippen molar-refractivity contribution < 1.29 is 23.1 Å². The summed E-state index contributed by atoms with van der Waals surface area (Å²) in [5, 5.41) is 0. The predicted molar refractivity (Wildman–Crippen MR) is 112 cm³/mol. The van der Waals surface area contributed by atoms with Crippen LogP contribution in [0.2, 0.25) is 0 Å². The second-order valence-corrected chi connectivity index (χ2v) is 9.02. The summed E-state index contributed by atoms with van der Waals surface area (Å²) in [7, 11) is 0. The number of benzene rings is 1. The molecule has 6 nitrogen and oxygen atoms in total. The van der Waals surface area contributed by atoms with Crippen LogP contribution in [-0.2, 0) is 16.1 Å². The number of likely N-dealkylation sites (tertiary alicyclic amines) is 1. The lowest BCUT2D eigenvalue weighted by Gasteiger charge is -2.43. The zero-order valence-electron chi connectivity index (χ0n) is 18.0. The normalized spacial score (nSPS) is 28.1. The summed E-state index contributed by atoms with van der Waals surface area (Å²) in [6.45, 7) is 3.36. The second kappa shape index (κ2) is 9.10. The smallest absolute Gasteiger partial charge is 0.410 e. The van der Waals surface area contributed by atoms with Crippen molar-refractivity contribution in [2.45, 2.75) is 69.7 Å². The van der Waals surface area contributed by atoms with Gasteiger partial charge in [-0.3, -0.25) is 14.6 Å². The van der Waals surface area contributed by atoms with Crippen LogP contribution in [0.3, 0.4) is 0 Å². The Kier molecular flexibility index (Phi) is 6.46. The molecule has 0 saturated carbocycles. The maximum atomic E-state index is 13.4. The van der Waals surface area contributed by atoms with E-state index in [4.69, 9.17) is 4.74 Å². The molecule has 0 bridgehead atoms. The number of ether oxygens (including phenoxy) is 1. The number of fused-ring (bicyclic) bond motifs is 1. The van der Waals surface area contributed by atoms with Crippen molar-refractivity contribution >= 4 is 12.0 Å². The molecule has 0 N–H and O–H groups in total. The van der Waals surface area contributed by atoms with E-state index in [-0.39, 0.29) is 37.6 Å². The number of hydrogen-bond donors (Lipinski definition) is 0. The van der Waals surface area contributed by atoms with Crippen LogP contribution < -0.4 is 0 Å². The predicted octanol–water partition coefficient (Wildman–Crippen LogP) is 3.51. The van der Waals surface area contributed by atoms with Gasteiger partial charge in [0.2, 0.25) is 5.91 Å². The first-order valence-electron chi connectivity index (χ1n) is 11.2. The van der Waals surface area contributed by atoms with Crippen molar-refractivity contribution in [3.05, 3.63) is 35.9 Å². The van der Waals surface area contributed by atoms with Gasteiger partial charge in [0.05, 0.1) is 6.54 Å². The lowest BCUT2D eigenvalue weighted by atomic mass is 10.1. The summed E-state index contributed by atoms with van der Waals surface area (Å²) in [6, 6.07) is 9.05. The van der Waals surface area contributed by atoms with E-state index in [0.29, 0.717) is 19.6 Å². The van der Waals surface area contributed by atoms with E-state index >= 15 is 0 Å². The van der Waals surface area contributed by atoms with Gasteiger partial charge in [-0.1, -0.05) is 30.3 Å². The Morgan fingerprint density at radius 3 is 2.71 bits per heavy atom. The van der Waals surface area contributed by atoms with E-state index < -0.39 is 18.1 Å². The van der Waals surface area contributed by atoms with Crippen LogP contribution in [-0.4, -0.2) is 76.9 Å². The van der Waals surface area contributed by atoms with Gasteiger partial charge in [0, 0.05) is 31.6 Å². The molecule has 3 fully saturated rings. The third-order valence-electron chi connectivity index (χ3n) is 6.81. The molecule has 3 saturated heterocycles. The molecule has 3 atom stereocenters. The van der Waals surface area contributed by atoms with Crippen LogP contribution in [0.1, 0.15) is 44.6 Å². The highest BCUT2D eigenvalue weighted by molar-refractivity contribution is 5.87. The number of amides is 2. The Morgan fingerprint density at radius 2 is 2.00 bits per heavy atom. The van der Waals surface area contributed by atoms with E-state index in [1.165, 1.54) is 0 Å². The molecule has 0 unspecified atom stereocenters. The summed E-state index contributed by atoms with van der Waals surface area (Å²) >= 11 is 0. The topological polar surface area (TPSA) is 53.1 Å². The second-order valence-electron chi connectivity index (χ2n) is 9.02. The third kappa shape index (κ3) is 5.00. The maximum absolute atomic E-state index is 13.4. The monoisotopic (exact) mass is 435 g/mol. The van der Waals surface area contributed by atoms with Gasteiger partial charge < -0.3 is 9.64 Å². The Bertz CT molecular complexity index is 792. The minimum Gasteiger partial charge on any atom is -0.445 e. The molecule has 3 aliphatic rings. The molecule has 4 rings (SSSR count). The minimum atomic E-state index is -2.56. The highest BCUT2D eigenvalue weighted by Crippen LogP contribution is 2.33. The molecule has 170 valence electrons. The lowest BCUT2D eigenvalue weighted by Crippen LogP contribution is -2.61. The largest absolute Gasteiger partial charge is 0.445 e. The minimum absolute atomic E-state index is 0.00842. The van der Waals surface area contributed by atoms with Gasteiger partial charge in [-0.05, 0) is 44.7 Å². The van der Waals surface area contributed by atoms with Crippen molar-refractivity contribution in [1.82, 2.24) is 14.7 Å². The maximum Gasteiger partial charge on any atom is 0.410 e. The summed E-state index contributed by atoms with van der Waals surface area (Å²) in [5.41, 5.74) is 0.908. The Labute approximate surface area is 182 Å². The van der Waals surface area contributed by atoms with Crippen molar-refractivity contribution in [3.8, 4) is 0 Å². The first-order chi connectivity index (χ1) is 14.8. The molecule has 1 aromatic carbocycles. The van der Waals surface area contributed by atoms with E-state index in [1.54, 1.807) is 11.8 Å². The quantitative estimate of drug-likeness (QED) is 0.686. The number of rotatable bonds is 6. The Morgan fingerprint density at radius 1 is 1.23 bits per heavy atom. The Hall–Kier alpha value is -2.22. The van der Waals surface area contributed by atoms with Crippen molar-refractivity contribution in [2.75, 3.05) is 26.2 Å². The number of piperazine rings is 1. The molecule has 3 heterocycles. The first-order valence-corrected chi connectivity index (χ1v) is 11.2. The van der Waals surface area contributed by atoms with Crippen molar-refractivity contribution in [3.63, 3.8) is 0 Å². The fourth-order valence-electron chi connectivity index (χ4n) is 5.10. The summed E-state index contributed by atoms with van der Waals surface area (Å²) < 4.78 is 32.2. The van der Waals surface area contributed by atoms with Gasteiger partial charge in [0.25, 0.3) is 5.92 Å². The summed E-state index contributed by atoms with van der Waals surface area (Å²) in [6.07, 6.45) is 2.85. The average Bonchev–Trinajstić information content (AvgIpc) is 3.32. The van der Waals surface area contributed by atoms with Crippen molar-refractivity contribution in [2.24, 2.45) is 0 Å². The molecule has 0 spiro atoms. The summed E-state index contributed by atoms with van der Waals surface area (Å²) in [5.74, 6) is -2.60. The molecule has 1 aromatic rings. The highest BCUT2D eigenvalue weighted by atomic mass is 19.3. The fraction of sp³-hybridized carbons (Fsp3) is 0.652. The van der Waals surface area contributed by atoms with Crippen LogP contribution in [0.5, 0.6) is 0 Å². The standard InChI is InChI=1S/C23H31F2N3O3/c1-17-21(29)28-19(8-5-12-26-13-11-23(24,25)16-26)9-10-20(28)14-27(17)22(30)31-15-18-6-3-2-4-7-18/h2-4,6-7,17,19-20H,5,8-16H2,1H3/t17-,19-,20-/m0/s1. The molecular formula is C23H31F2N3O3. The number of alkyl halides is 2. The highest BCUT2D eigenvalue weighted by Gasteiger charge is 2.46. The van der Waals surface area contributed by atoms with Gasteiger partial charge in [0.1, 0.15) is 12.6 Å². The zero-order valence-corrected chi connectivity index (χ0v) is 18.0. The zero-order chi connectivity index (χ0) is 22.0. The molecule has 0 aromatic heterocycles. The molecule has 0 aliphatic carbocycles. The molecule has 3 aliphatic heterocycles. The molecular weight excluding hydrogens is 404 g/mol. The molecule has 2 amide bonds. The van der Waals surface area contributed by atoms with E-state index in [0.717, 1.165) is 31.2 Å². The Balaban J connectivity index is 1.28. The third-order valence-corrected chi connectivity index (χ3v) is 6.81. The molecule has 31 heavy (non-hydrogen) atoms. The van der Waals surface area contributed by atoms with Crippen LogP contribution in [0.4, 0.5) is 13.6 Å². The fourth-order valence-corrected chi connectivity index (χ4v) is 5.10. The summed E-state index contributed by atoms with van der Waals surface area (Å²) in [4.78, 5) is 31.0. The molecule has 8 heteroatoms. The van der Waals surface area contributed by atoms with Gasteiger partial charge in [-0.15, -0.1) is 0 Å². The van der Waals surface area contributed by atoms with Crippen LogP contribution in [0.15, 0.2) is 30.3 Å².